The lowest BCUT2D eigenvalue weighted by atomic mass is 10.1. The lowest BCUT2D eigenvalue weighted by Crippen LogP contribution is -2.11. The second kappa shape index (κ2) is 3.53. The predicted molar refractivity (Wildman–Crippen MR) is 37.3 cm³/mol. The van der Waals surface area contributed by atoms with Crippen molar-refractivity contribution in [2.75, 3.05) is 0 Å². The van der Waals surface area contributed by atoms with E-state index in [-0.39, 0.29) is 0 Å². The van der Waals surface area contributed by atoms with E-state index in [9.17, 15) is 22.0 Å². The average molecular weight is 212 g/mol. The number of alkyl halides is 3. The van der Waals surface area contributed by atoms with E-state index in [4.69, 9.17) is 5.11 Å². The average Bonchev–Trinajstić information content (AvgIpc) is 2.02. The van der Waals surface area contributed by atoms with Gasteiger partial charge in [0.25, 0.3) is 0 Å². The molecule has 0 aliphatic carbocycles. The summed E-state index contributed by atoms with van der Waals surface area (Å²) < 4.78 is 61.7. The second-order valence-electron chi connectivity index (χ2n) is 2.54. The molecule has 0 spiro atoms. The molecule has 1 aromatic carbocycles. The third-order valence-corrected chi connectivity index (χ3v) is 1.65. The normalized spacial score (nSPS) is 11.9. The van der Waals surface area contributed by atoms with Crippen molar-refractivity contribution in [3.63, 3.8) is 0 Å². The molecule has 0 unspecified atom stereocenters. The molecule has 0 aliphatic heterocycles. The summed E-state index contributed by atoms with van der Waals surface area (Å²) >= 11 is 0. The van der Waals surface area contributed by atoms with Gasteiger partial charge >= 0.3 is 6.18 Å². The van der Waals surface area contributed by atoms with Crippen LogP contribution in [-0.4, -0.2) is 5.11 Å². The van der Waals surface area contributed by atoms with E-state index >= 15 is 0 Å². The lowest BCUT2D eigenvalue weighted by Gasteiger charge is -2.10. The molecule has 0 saturated carbocycles. The molecule has 1 aromatic rings. The van der Waals surface area contributed by atoms with Crippen LogP contribution in [0, 0.1) is 11.6 Å². The molecule has 0 bridgehead atoms. The van der Waals surface area contributed by atoms with Gasteiger partial charge in [0.1, 0.15) is 11.6 Å². The zero-order valence-corrected chi connectivity index (χ0v) is 6.70. The third-order valence-electron chi connectivity index (χ3n) is 1.65. The molecule has 0 atom stereocenters. The zero-order valence-electron chi connectivity index (χ0n) is 6.70. The van der Waals surface area contributed by atoms with Crippen molar-refractivity contribution in [3.8, 4) is 0 Å². The lowest BCUT2D eigenvalue weighted by molar-refractivity contribution is -0.140. The van der Waals surface area contributed by atoms with Crippen LogP contribution in [-0.2, 0) is 12.8 Å². The Morgan fingerprint density at radius 1 is 1.14 bits per heavy atom. The summed E-state index contributed by atoms with van der Waals surface area (Å²) in [6.45, 7) is -1.11. The second-order valence-corrected chi connectivity index (χ2v) is 2.54. The number of halogens is 5. The number of aliphatic hydroxyl groups is 1. The van der Waals surface area contributed by atoms with Crippen molar-refractivity contribution in [1.29, 1.82) is 0 Å². The van der Waals surface area contributed by atoms with Crippen LogP contribution in [0.15, 0.2) is 12.1 Å². The van der Waals surface area contributed by atoms with Crippen molar-refractivity contribution in [1.82, 2.24) is 0 Å². The number of rotatable bonds is 1. The molecule has 1 N–H and O–H groups in total. The molecule has 1 nitrogen and oxygen atoms in total. The van der Waals surface area contributed by atoms with Crippen molar-refractivity contribution in [2.45, 2.75) is 12.8 Å². The Hall–Kier alpha value is -1.17. The maximum Gasteiger partial charge on any atom is 0.419 e. The summed E-state index contributed by atoms with van der Waals surface area (Å²) in [6.07, 6.45) is -4.89. The molecule has 0 saturated heterocycles. The predicted octanol–water partition coefficient (Wildman–Crippen LogP) is 2.48. The first-order valence-electron chi connectivity index (χ1n) is 3.53. The van der Waals surface area contributed by atoms with Crippen LogP contribution in [0.4, 0.5) is 22.0 Å². The highest BCUT2D eigenvalue weighted by atomic mass is 19.4. The van der Waals surface area contributed by atoms with Gasteiger partial charge in [-0.2, -0.15) is 13.2 Å². The van der Waals surface area contributed by atoms with Gasteiger partial charge < -0.3 is 5.11 Å². The molecular formula is C8H5F5O. The van der Waals surface area contributed by atoms with Gasteiger partial charge in [0.2, 0.25) is 0 Å². The van der Waals surface area contributed by atoms with Crippen molar-refractivity contribution in [3.05, 3.63) is 34.9 Å². The zero-order chi connectivity index (χ0) is 10.9. The first kappa shape index (κ1) is 10.9. The third kappa shape index (κ3) is 1.84. The fourth-order valence-electron chi connectivity index (χ4n) is 0.962. The van der Waals surface area contributed by atoms with E-state index in [1.54, 1.807) is 0 Å². The summed E-state index contributed by atoms with van der Waals surface area (Å²) in [7, 11) is 0. The largest absolute Gasteiger partial charge is 0.419 e. The van der Waals surface area contributed by atoms with Gasteiger partial charge in [-0.3, -0.25) is 0 Å². The maximum absolute atomic E-state index is 12.9. The monoisotopic (exact) mass is 212 g/mol. The van der Waals surface area contributed by atoms with Crippen LogP contribution in [0.1, 0.15) is 11.1 Å². The molecule has 14 heavy (non-hydrogen) atoms. The topological polar surface area (TPSA) is 20.2 Å². The standard InChI is InChI=1S/C8H5F5O/c9-6-2-1-5(8(11,12)13)7(10)4(6)3-14/h1-2,14H,3H2. The van der Waals surface area contributed by atoms with Gasteiger partial charge in [0.15, 0.2) is 0 Å². The van der Waals surface area contributed by atoms with E-state index in [2.05, 4.69) is 0 Å². The summed E-state index contributed by atoms with van der Waals surface area (Å²) in [4.78, 5) is 0. The summed E-state index contributed by atoms with van der Waals surface area (Å²) in [5.74, 6) is -2.96. The molecule has 0 heterocycles. The Balaban J connectivity index is 3.36. The molecule has 0 aliphatic rings. The molecule has 0 amide bonds. The fourth-order valence-corrected chi connectivity index (χ4v) is 0.962. The minimum atomic E-state index is -4.89. The minimum Gasteiger partial charge on any atom is -0.391 e. The Kier molecular flexibility index (Phi) is 2.75. The van der Waals surface area contributed by atoms with E-state index in [0.717, 1.165) is 0 Å². The van der Waals surface area contributed by atoms with E-state index in [1.165, 1.54) is 0 Å². The maximum atomic E-state index is 12.9. The highest BCUT2D eigenvalue weighted by Gasteiger charge is 2.35. The van der Waals surface area contributed by atoms with Gasteiger partial charge in [-0.25, -0.2) is 8.78 Å². The Labute approximate surface area is 75.8 Å². The number of benzene rings is 1. The SMILES string of the molecule is OCc1c(F)ccc(C(F)(F)F)c1F. The summed E-state index contributed by atoms with van der Waals surface area (Å²) in [6, 6.07) is 0.765. The quantitative estimate of drug-likeness (QED) is 0.709. The van der Waals surface area contributed by atoms with Gasteiger partial charge in [-0.05, 0) is 12.1 Å². The fraction of sp³-hybridized carbons (Fsp3) is 0.250. The molecule has 0 radical (unpaired) electrons. The van der Waals surface area contributed by atoms with Crippen LogP contribution >= 0.6 is 0 Å². The highest BCUT2D eigenvalue weighted by molar-refractivity contribution is 5.29. The van der Waals surface area contributed by atoms with E-state index in [0.29, 0.717) is 12.1 Å². The van der Waals surface area contributed by atoms with Crippen molar-refractivity contribution in [2.24, 2.45) is 0 Å². The van der Waals surface area contributed by atoms with Gasteiger partial charge in [0.05, 0.1) is 12.2 Å². The van der Waals surface area contributed by atoms with Gasteiger partial charge in [-0.1, -0.05) is 0 Å². The molecule has 1 rings (SSSR count). The molecule has 0 aromatic heterocycles. The van der Waals surface area contributed by atoms with Crippen molar-refractivity contribution >= 4 is 0 Å². The number of hydrogen-bond acceptors (Lipinski definition) is 1. The number of aliphatic hydroxyl groups excluding tert-OH is 1. The van der Waals surface area contributed by atoms with Crippen LogP contribution in [0.5, 0.6) is 0 Å². The summed E-state index contributed by atoms with van der Waals surface area (Å²) in [5.41, 5.74) is -2.55. The molecule has 6 heteroatoms. The van der Waals surface area contributed by atoms with Crippen LogP contribution in [0.3, 0.4) is 0 Å². The Morgan fingerprint density at radius 3 is 2.14 bits per heavy atom. The Bertz CT molecular complexity index is 344. The highest BCUT2D eigenvalue weighted by Crippen LogP contribution is 2.33. The molecule has 0 fully saturated rings. The van der Waals surface area contributed by atoms with E-state index < -0.39 is 35.5 Å². The van der Waals surface area contributed by atoms with Crippen LogP contribution in [0.2, 0.25) is 0 Å². The van der Waals surface area contributed by atoms with Crippen LogP contribution in [0.25, 0.3) is 0 Å². The summed E-state index contributed by atoms with van der Waals surface area (Å²) in [5, 5.41) is 8.44. The number of hydrogen-bond donors (Lipinski definition) is 1. The van der Waals surface area contributed by atoms with Gasteiger partial charge in [-0.15, -0.1) is 0 Å². The first-order valence-corrected chi connectivity index (χ1v) is 3.53. The smallest absolute Gasteiger partial charge is 0.391 e. The van der Waals surface area contributed by atoms with E-state index in [1.807, 2.05) is 0 Å². The molecule has 78 valence electrons. The molecular weight excluding hydrogens is 207 g/mol. The Morgan fingerprint density at radius 2 is 1.71 bits per heavy atom. The minimum absolute atomic E-state index is 0.295. The van der Waals surface area contributed by atoms with Crippen molar-refractivity contribution < 1.29 is 27.1 Å². The van der Waals surface area contributed by atoms with Crippen LogP contribution < -0.4 is 0 Å². The first-order chi connectivity index (χ1) is 6.38. The van der Waals surface area contributed by atoms with Gasteiger partial charge in [0, 0.05) is 5.56 Å².